The van der Waals surface area contributed by atoms with Gasteiger partial charge in [0.15, 0.2) is 5.76 Å². The van der Waals surface area contributed by atoms with Crippen LogP contribution in [-0.2, 0) is 4.79 Å². The van der Waals surface area contributed by atoms with E-state index in [4.69, 9.17) is 13.6 Å². The third kappa shape index (κ3) is 3.70. The number of carbonyl (C=O) groups is 2. The summed E-state index contributed by atoms with van der Waals surface area (Å²) < 4.78 is 16.2. The van der Waals surface area contributed by atoms with Gasteiger partial charge in [-0.3, -0.25) is 9.59 Å². The largest absolute Gasteiger partial charge is 0.496 e. The number of hydrogen-bond donors (Lipinski definition) is 0. The average Bonchev–Trinajstić information content (AvgIpc) is 3.42. The molecule has 1 fully saturated rings. The Morgan fingerprint density at radius 3 is 2.50 bits per heavy atom. The molecule has 3 heterocycles. The quantitative estimate of drug-likeness (QED) is 0.615. The SMILES string of the molecule is COc1cc2occ(C)c2cc1/C(C)=C/C(=O)N1CCN(C(=O)c2ccco2)CC1. The normalized spacial score (nSPS) is 15.0. The molecule has 2 amide bonds. The van der Waals surface area contributed by atoms with Gasteiger partial charge in [0.05, 0.1) is 19.6 Å². The molecule has 0 bridgehead atoms. The van der Waals surface area contributed by atoms with Gasteiger partial charge in [-0.25, -0.2) is 0 Å². The van der Waals surface area contributed by atoms with E-state index < -0.39 is 0 Å². The minimum Gasteiger partial charge on any atom is -0.496 e. The number of rotatable bonds is 4. The minimum atomic E-state index is -0.146. The van der Waals surface area contributed by atoms with Crippen LogP contribution in [0.3, 0.4) is 0 Å². The van der Waals surface area contributed by atoms with E-state index in [1.54, 1.807) is 41.4 Å². The van der Waals surface area contributed by atoms with E-state index in [-0.39, 0.29) is 11.8 Å². The summed E-state index contributed by atoms with van der Waals surface area (Å²) in [5, 5.41) is 0.996. The first kappa shape index (κ1) is 19.8. The van der Waals surface area contributed by atoms with Crippen molar-refractivity contribution in [2.45, 2.75) is 13.8 Å². The molecular formula is C23H24N2O5. The summed E-state index contributed by atoms with van der Waals surface area (Å²) in [4.78, 5) is 28.7. The Morgan fingerprint density at radius 2 is 1.83 bits per heavy atom. The summed E-state index contributed by atoms with van der Waals surface area (Å²) in [5.41, 5.74) is 3.46. The number of aryl methyl sites for hydroxylation is 1. The molecule has 0 atom stereocenters. The summed E-state index contributed by atoms with van der Waals surface area (Å²) in [5.74, 6) is 0.755. The van der Waals surface area contributed by atoms with Crippen LogP contribution in [0.4, 0.5) is 0 Å². The van der Waals surface area contributed by atoms with E-state index in [9.17, 15) is 9.59 Å². The molecule has 1 aromatic carbocycles. The van der Waals surface area contributed by atoms with E-state index in [0.717, 1.165) is 27.7 Å². The summed E-state index contributed by atoms with van der Waals surface area (Å²) in [6.07, 6.45) is 4.82. The van der Waals surface area contributed by atoms with Crippen LogP contribution in [0.2, 0.25) is 0 Å². The molecule has 0 spiro atoms. The van der Waals surface area contributed by atoms with Crippen molar-refractivity contribution in [2.75, 3.05) is 33.3 Å². The second kappa shape index (κ2) is 8.10. The van der Waals surface area contributed by atoms with E-state index >= 15 is 0 Å². The van der Waals surface area contributed by atoms with Crippen molar-refractivity contribution in [1.29, 1.82) is 0 Å². The molecule has 0 unspecified atom stereocenters. The average molecular weight is 408 g/mol. The molecule has 1 aliphatic rings. The Balaban J connectivity index is 1.47. The summed E-state index contributed by atoms with van der Waals surface area (Å²) in [6.45, 7) is 5.78. The molecule has 1 saturated heterocycles. The number of nitrogens with zero attached hydrogens (tertiary/aromatic N) is 2. The Hall–Kier alpha value is -3.48. The van der Waals surface area contributed by atoms with Crippen LogP contribution >= 0.6 is 0 Å². The lowest BCUT2D eigenvalue weighted by Gasteiger charge is -2.33. The molecule has 0 aliphatic carbocycles. The number of benzene rings is 1. The predicted octanol–water partition coefficient (Wildman–Crippen LogP) is 3.73. The van der Waals surface area contributed by atoms with Crippen LogP contribution in [0.25, 0.3) is 16.5 Å². The van der Waals surface area contributed by atoms with E-state index in [0.29, 0.717) is 37.7 Å². The van der Waals surface area contributed by atoms with Gasteiger partial charge in [0.25, 0.3) is 5.91 Å². The number of methoxy groups -OCH3 is 1. The van der Waals surface area contributed by atoms with Crippen LogP contribution in [-0.4, -0.2) is 54.9 Å². The highest BCUT2D eigenvalue weighted by molar-refractivity contribution is 5.97. The minimum absolute atomic E-state index is 0.0799. The highest BCUT2D eigenvalue weighted by Crippen LogP contribution is 2.33. The second-order valence-corrected chi connectivity index (χ2v) is 7.39. The Labute approximate surface area is 174 Å². The molecule has 1 aliphatic heterocycles. The number of furan rings is 2. The van der Waals surface area contributed by atoms with Gasteiger partial charge < -0.3 is 23.4 Å². The van der Waals surface area contributed by atoms with Gasteiger partial charge in [-0.15, -0.1) is 0 Å². The molecule has 4 rings (SSSR count). The van der Waals surface area contributed by atoms with Crippen molar-refractivity contribution in [1.82, 2.24) is 9.80 Å². The third-order valence-corrected chi connectivity index (χ3v) is 5.46. The lowest BCUT2D eigenvalue weighted by molar-refractivity contribution is -0.127. The van der Waals surface area contributed by atoms with Crippen LogP contribution < -0.4 is 4.74 Å². The second-order valence-electron chi connectivity index (χ2n) is 7.39. The van der Waals surface area contributed by atoms with Gasteiger partial charge in [0.2, 0.25) is 5.91 Å². The number of fused-ring (bicyclic) bond motifs is 1. The lowest BCUT2D eigenvalue weighted by Crippen LogP contribution is -2.50. The van der Waals surface area contributed by atoms with Gasteiger partial charge in [-0.05, 0) is 43.2 Å². The van der Waals surface area contributed by atoms with Crippen LogP contribution in [0.1, 0.15) is 28.6 Å². The van der Waals surface area contributed by atoms with Gasteiger partial charge in [-0.1, -0.05) is 0 Å². The van der Waals surface area contributed by atoms with E-state index in [2.05, 4.69) is 0 Å². The molecule has 156 valence electrons. The lowest BCUT2D eigenvalue weighted by atomic mass is 10.0. The first-order valence-electron chi connectivity index (χ1n) is 9.84. The van der Waals surface area contributed by atoms with E-state index in [1.807, 2.05) is 26.0 Å². The monoisotopic (exact) mass is 408 g/mol. The number of amides is 2. The van der Waals surface area contributed by atoms with Crippen molar-refractivity contribution in [2.24, 2.45) is 0 Å². The van der Waals surface area contributed by atoms with Crippen molar-refractivity contribution in [3.63, 3.8) is 0 Å². The molecule has 0 radical (unpaired) electrons. The Bertz CT molecular complexity index is 1100. The fraction of sp³-hybridized carbons (Fsp3) is 0.304. The van der Waals surface area contributed by atoms with Crippen molar-refractivity contribution in [3.05, 3.63) is 59.8 Å². The fourth-order valence-corrected chi connectivity index (χ4v) is 3.70. The van der Waals surface area contributed by atoms with Crippen molar-refractivity contribution < 1.29 is 23.2 Å². The maximum Gasteiger partial charge on any atom is 0.289 e. The number of hydrogen-bond acceptors (Lipinski definition) is 5. The Kier molecular flexibility index (Phi) is 5.35. The first-order chi connectivity index (χ1) is 14.5. The predicted molar refractivity (Wildman–Crippen MR) is 112 cm³/mol. The number of carbonyl (C=O) groups excluding carboxylic acids is 2. The van der Waals surface area contributed by atoms with Crippen LogP contribution in [0, 0.1) is 6.92 Å². The van der Waals surface area contributed by atoms with Gasteiger partial charge in [-0.2, -0.15) is 0 Å². The molecule has 3 aromatic rings. The smallest absolute Gasteiger partial charge is 0.289 e. The topological polar surface area (TPSA) is 76.1 Å². The molecule has 0 N–H and O–H groups in total. The van der Waals surface area contributed by atoms with Crippen LogP contribution in [0.5, 0.6) is 5.75 Å². The zero-order valence-electron chi connectivity index (χ0n) is 17.3. The van der Waals surface area contributed by atoms with Gasteiger partial charge >= 0.3 is 0 Å². The molecule has 0 saturated carbocycles. The highest BCUT2D eigenvalue weighted by Gasteiger charge is 2.25. The summed E-state index contributed by atoms with van der Waals surface area (Å²) in [7, 11) is 1.60. The first-order valence-corrected chi connectivity index (χ1v) is 9.84. The summed E-state index contributed by atoms with van der Waals surface area (Å²) >= 11 is 0. The molecular weight excluding hydrogens is 384 g/mol. The fourth-order valence-electron chi connectivity index (χ4n) is 3.70. The maximum atomic E-state index is 12.8. The van der Waals surface area contributed by atoms with Gasteiger partial charge in [0.1, 0.15) is 11.3 Å². The molecule has 7 nitrogen and oxygen atoms in total. The zero-order chi connectivity index (χ0) is 21.3. The standard InChI is InChI=1S/C23H24N2O5/c1-15(17-12-18-16(2)14-30-21(18)13-20(17)28-3)11-22(26)24-6-8-25(9-7-24)23(27)19-5-4-10-29-19/h4-5,10-14H,6-9H2,1-3H3/b15-11+. The maximum absolute atomic E-state index is 12.8. The highest BCUT2D eigenvalue weighted by atomic mass is 16.5. The summed E-state index contributed by atoms with van der Waals surface area (Å²) in [6, 6.07) is 7.18. The Morgan fingerprint density at radius 1 is 1.10 bits per heavy atom. The molecule has 2 aromatic heterocycles. The van der Waals surface area contributed by atoms with Crippen molar-refractivity contribution in [3.8, 4) is 5.75 Å². The molecule has 30 heavy (non-hydrogen) atoms. The number of piperazine rings is 1. The number of allylic oxidation sites excluding steroid dienone is 1. The van der Waals surface area contributed by atoms with Crippen LogP contribution in [0.15, 0.2) is 51.7 Å². The zero-order valence-corrected chi connectivity index (χ0v) is 17.3. The van der Waals surface area contributed by atoms with E-state index in [1.165, 1.54) is 6.26 Å². The van der Waals surface area contributed by atoms with Gasteiger partial charge in [0, 0.05) is 49.3 Å². The molecule has 7 heteroatoms. The number of ether oxygens (including phenoxy) is 1. The third-order valence-electron chi connectivity index (χ3n) is 5.46. The van der Waals surface area contributed by atoms with Crippen molar-refractivity contribution >= 4 is 28.4 Å².